The molecule has 0 aliphatic heterocycles. The molecule has 8 heteroatoms. The Labute approximate surface area is 148 Å². The predicted octanol–water partition coefficient (Wildman–Crippen LogP) is 3.08. The number of rotatable bonds is 4. The van der Waals surface area contributed by atoms with Crippen molar-refractivity contribution in [1.82, 2.24) is 19.5 Å². The lowest BCUT2D eigenvalue weighted by Gasteiger charge is -2.20. The normalized spacial score (nSPS) is 17.4. The van der Waals surface area contributed by atoms with Gasteiger partial charge in [0.05, 0.1) is 0 Å². The van der Waals surface area contributed by atoms with E-state index in [0.29, 0.717) is 23.2 Å². The van der Waals surface area contributed by atoms with Crippen molar-refractivity contribution in [3.63, 3.8) is 0 Å². The van der Waals surface area contributed by atoms with Crippen molar-refractivity contribution in [2.45, 2.75) is 69.7 Å². The average molecular weight is 366 g/mol. The van der Waals surface area contributed by atoms with Crippen LogP contribution in [0, 0.1) is 13.8 Å². The highest BCUT2D eigenvalue weighted by molar-refractivity contribution is 7.89. The van der Waals surface area contributed by atoms with Crippen LogP contribution in [-0.4, -0.2) is 29.2 Å². The van der Waals surface area contributed by atoms with Crippen molar-refractivity contribution in [3.05, 3.63) is 17.7 Å². The minimum absolute atomic E-state index is 0.0130. The van der Waals surface area contributed by atoms with Crippen molar-refractivity contribution in [3.8, 4) is 11.6 Å². The summed E-state index contributed by atoms with van der Waals surface area (Å²) in [5.74, 6) is 0.779. The van der Waals surface area contributed by atoms with Crippen LogP contribution in [0.1, 0.15) is 56.5 Å². The molecule has 0 radical (unpaired) electrons. The Hall–Kier alpha value is -1.67. The quantitative estimate of drug-likeness (QED) is 0.898. The van der Waals surface area contributed by atoms with E-state index in [-0.39, 0.29) is 10.9 Å². The first kappa shape index (κ1) is 18.1. The van der Waals surface area contributed by atoms with Gasteiger partial charge < -0.3 is 8.98 Å². The maximum Gasteiger partial charge on any atom is 0.264 e. The summed E-state index contributed by atoms with van der Waals surface area (Å²) in [4.78, 5) is 0.280. The van der Waals surface area contributed by atoms with Crippen LogP contribution in [0.3, 0.4) is 0 Å². The molecule has 1 N–H and O–H groups in total. The van der Waals surface area contributed by atoms with E-state index in [1.807, 2.05) is 0 Å². The molecule has 2 heterocycles. The highest BCUT2D eigenvalue weighted by atomic mass is 32.2. The van der Waals surface area contributed by atoms with E-state index in [9.17, 15) is 8.42 Å². The van der Waals surface area contributed by atoms with Crippen LogP contribution in [0.4, 0.5) is 0 Å². The van der Waals surface area contributed by atoms with Crippen molar-refractivity contribution in [2.24, 2.45) is 7.05 Å². The Kier molecular flexibility index (Phi) is 5.29. The van der Waals surface area contributed by atoms with Crippen LogP contribution in [0.2, 0.25) is 0 Å². The molecule has 0 unspecified atom stereocenters. The molecule has 25 heavy (non-hydrogen) atoms. The molecule has 0 aromatic carbocycles. The van der Waals surface area contributed by atoms with E-state index in [0.717, 1.165) is 25.7 Å². The van der Waals surface area contributed by atoms with Crippen LogP contribution in [0.5, 0.6) is 0 Å². The summed E-state index contributed by atoms with van der Waals surface area (Å²) >= 11 is 0. The standard InChI is InChI=1S/C17H26N4O3S/c1-12-16(11-15(21(12)3)17-19-18-13(2)24-17)25(22,23)20-14-9-7-5-4-6-8-10-14/h11,14,20H,4-10H2,1-3H3. The molecule has 138 valence electrons. The van der Waals surface area contributed by atoms with Gasteiger partial charge in [-0.1, -0.05) is 32.1 Å². The second-order valence-electron chi connectivity index (χ2n) is 6.83. The lowest BCUT2D eigenvalue weighted by molar-refractivity contribution is 0.426. The highest BCUT2D eigenvalue weighted by Gasteiger charge is 2.26. The van der Waals surface area contributed by atoms with Gasteiger partial charge in [-0.3, -0.25) is 0 Å². The summed E-state index contributed by atoms with van der Waals surface area (Å²) in [5.41, 5.74) is 1.26. The van der Waals surface area contributed by atoms with Gasteiger partial charge in [-0.2, -0.15) is 0 Å². The molecule has 2 aromatic rings. The zero-order valence-electron chi connectivity index (χ0n) is 15.1. The molecule has 3 rings (SSSR count). The van der Waals surface area contributed by atoms with E-state index in [1.165, 1.54) is 19.3 Å². The number of aryl methyl sites for hydroxylation is 1. The predicted molar refractivity (Wildman–Crippen MR) is 94.6 cm³/mol. The molecule has 0 bridgehead atoms. The second kappa shape index (κ2) is 7.29. The van der Waals surface area contributed by atoms with E-state index in [4.69, 9.17) is 4.42 Å². The van der Waals surface area contributed by atoms with Gasteiger partial charge in [0.25, 0.3) is 5.89 Å². The van der Waals surface area contributed by atoms with Crippen LogP contribution in [0.25, 0.3) is 11.6 Å². The molecule has 0 amide bonds. The van der Waals surface area contributed by atoms with Crippen LogP contribution < -0.4 is 4.72 Å². The molecule has 0 spiro atoms. The number of aromatic nitrogens is 3. The third-order valence-corrected chi connectivity index (χ3v) is 6.59. The summed E-state index contributed by atoms with van der Waals surface area (Å²) in [7, 11) is -1.78. The summed E-state index contributed by atoms with van der Waals surface area (Å²) in [5, 5.41) is 7.82. The lowest BCUT2D eigenvalue weighted by Crippen LogP contribution is -2.35. The number of hydrogen-bond acceptors (Lipinski definition) is 5. The second-order valence-corrected chi connectivity index (χ2v) is 8.51. The van der Waals surface area contributed by atoms with Gasteiger partial charge in [0, 0.05) is 25.7 Å². The van der Waals surface area contributed by atoms with Crippen molar-refractivity contribution < 1.29 is 12.8 Å². The van der Waals surface area contributed by atoms with Crippen LogP contribution in [-0.2, 0) is 17.1 Å². The molecule has 7 nitrogen and oxygen atoms in total. The summed E-state index contributed by atoms with van der Waals surface area (Å²) in [6, 6.07) is 1.63. The van der Waals surface area contributed by atoms with Crippen molar-refractivity contribution in [1.29, 1.82) is 0 Å². The van der Waals surface area contributed by atoms with E-state index < -0.39 is 10.0 Å². The average Bonchev–Trinajstić information content (AvgIpc) is 3.07. The fourth-order valence-corrected chi connectivity index (χ4v) is 5.00. The molecular formula is C17H26N4O3S. The molecule has 2 aromatic heterocycles. The SMILES string of the molecule is Cc1nnc(-c2cc(S(=O)(=O)NC3CCCCCCC3)c(C)n2C)o1. The fourth-order valence-electron chi connectivity index (χ4n) is 3.41. The Bertz CT molecular complexity index is 830. The van der Waals surface area contributed by atoms with E-state index >= 15 is 0 Å². The molecule has 1 aliphatic carbocycles. The topological polar surface area (TPSA) is 90.0 Å². The maximum atomic E-state index is 12.9. The Balaban J connectivity index is 1.86. The van der Waals surface area contributed by atoms with Crippen LogP contribution >= 0.6 is 0 Å². The first-order chi connectivity index (χ1) is 11.9. The summed E-state index contributed by atoms with van der Waals surface area (Å²) in [6.45, 7) is 3.50. The molecule has 1 aliphatic rings. The minimum atomic E-state index is -3.58. The van der Waals surface area contributed by atoms with Gasteiger partial charge in [-0.05, 0) is 25.8 Å². The number of nitrogens with one attached hydrogen (secondary N) is 1. The third kappa shape index (κ3) is 3.95. The van der Waals surface area contributed by atoms with Crippen molar-refractivity contribution >= 4 is 10.0 Å². The van der Waals surface area contributed by atoms with E-state index in [2.05, 4.69) is 14.9 Å². The van der Waals surface area contributed by atoms with Gasteiger partial charge in [-0.15, -0.1) is 10.2 Å². The Morgan fingerprint density at radius 3 is 2.36 bits per heavy atom. The smallest absolute Gasteiger partial charge is 0.264 e. The first-order valence-corrected chi connectivity index (χ1v) is 10.4. The Morgan fingerprint density at radius 2 is 1.76 bits per heavy atom. The molecule has 1 fully saturated rings. The Morgan fingerprint density at radius 1 is 1.12 bits per heavy atom. The highest BCUT2D eigenvalue weighted by Crippen LogP contribution is 2.28. The van der Waals surface area contributed by atoms with Gasteiger partial charge in [-0.25, -0.2) is 13.1 Å². The zero-order chi connectivity index (χ0) is 18.0. The number of nitrogens with zero attached hydrogens (tertiary/aromatic N) is 3. The largest absolute Gasteiger partial charge is 0.420 e. The van der Waals surface area contributed by atoms with Gasteiger partial charge in [0.1, 0.15) is 10.6 Å². The van der Waals surface area contributed by atoms with E-state index in [1.54, 1.807) is 31.5 Å². The third-order valence-electron chi connectivity index (χ3n) is 4.95. The summed E-state index contributed by atoms with van der Waals surface area (Å²) in [6.07, 6.45) is 7.58. The lowest BCUT2D eigenvalue weighted by atomic mass is 9.97. The molecule has 0 atom stereocenters. The minimum Gasteiger partial charge on any atom is -0.420 e. The van der Waals surface area contributed by atoms with Gasteiger partial charge in [0.2, 0.25) is 15.9 Å². The molecule has 1 saturated carbocycles. The number of sulfonamides is 1. The zero-order valence-corrected chi connectivity index (χ0v) is 15.9. The molecular weight excluding hydrogens is 340 g/mol. The van der Waals surface area contributed by atoms with Crippen LogP contribution in [0.15, 0.2) is 15.4 Å². The number of hydrogen-bond donors (Lipinski definition) is 1. The monoisotopic (exact) mass is 366 g/mol. The van der Waals surface area contributed by atoms with Gasteiger partial charge in [0.15, 0.2) is 0 Å². The summed E-state index contributed by atoms with van der Waals surface area (Å²) < 4.78 is 36.0. The molecule has 0 saturated heterocycles. The van der Waals surface area contributed by atoms with Crippen molar-refractivity contribution in [2.75, 3.05) is 0 Å². The fraction of sp³-hybridized carbons (Fsp3) is 0.647. The maximum absolute atomic E-state index is 12.9. The first-order valence-electron chi connectivity index (χ1n) is 8.87. The van der Waals surface area contributed by atoms with Gasteiger partial charge >= 0.3 is 0 Å².